The van der Waals surface area contributed by atoms with Crippen molar-refractivity contribution in [1.82, 2.24) is 4.90 Å². The SMILES string of the molecule is CCOC(CCN(CC1=CC=CCC1)Cc1ccccc1)OCC. The number of hydrogen-bond acceptors (Lipinski definition) is 3. The second-order valence-corrected chi connectivity index (χ2v) is 6.12. The third-order valence-corrected chi connectivity index (χ3v) is 4.16. The number of ether oxygens (including phenoxy) is 2. The molecule has 3 nitrogen and oxygen atoms in total. The quantitative estimate of drug-likeness (QED) is 0.556. The van der Waals surface area contributed by atoms with Gasteiger partial charge in [0.15, 0.2) is 6.29 Å². The van der Waals surface area contributed by atoms with Crippen LogP contribution in [0.25, 0.3) is 0 Å². The van der Waals surface area contributed by atoms with Crippen LogP contribution >= 0.6 is 0 Å². The van der Waals surface area contributed by atoms with Crippen LogP contribution in [0, 0.1) is 0 Å². The number of hydrogen-bond donors (Lipinski definition) is 0. The molecule has 1 aliphatic carbocycles. The minimum atomic E-state index is -0.0986. The van der Waals surface area contributed by atoms with Gasteiger partial charge in [0.25, 0.3) is 0 Å². The van der Waals surface area contributed by atoms with Crippen molar-refractivity contribution in [1.29, 1.82) is 0 Å². The molecule has 0 fully saturated rings. The second-order valence-electron chi connectivity index (χ2n) is 6.12. The maximum Gasteiger partial charge on any atom is 0.158 e. The van der Waals surface area contributed by atoms with E-state index in [1.54, 1.807) is 0 Å². The molecule has 0 saturated heterocycles. The van der Waals surface area contributed by atoms with Crippen molar-refractivity contribution in [3.63, 3.8) is 0 Å². The Labute approximate surface area is 147 Å². The van der Waals surface area contributed by atoms with Crippen LogP contribution in [0.1, 0.15) is 38.7 Å². The first-order valence-electron chi connectivity index (χ1n) is 9.15. The zero-order valence-electron chi connectivity index (χ0n) is 15.1. The molecule has 3 heteroatoms. The van der Waals surface area contributed by atoms with Gasteiger partial charge in [-0.2, -0.15) is 0 Å². The van der Waals surface area contributed by atoms with Gasteiger partial charge in [0.2, 0.25) is 0 Å². The van der Waals surface area contributed by atoms with E-state index in [0.717, 1.165) is 32.5 Å². The molecule has 0 atom stereocenters. The standard InChI is InChI=1S/C21H31NO2/c1-3-23-21(24-4-2)15-16-22(17-19-11-7-5-8-12-19)18-20-13-9-6-10-14-20/h5-9,11-13,21H,3-4,10,14-18H2,1-2H3. The normalized spacial score (nSPS) is 14.4. The topological polar surface area (TPSA) is 21.7 Å². The predicted molar refractivity (Wildman–Crippen MR) is 99.8 cm³/mol. The van der Waals surface area contributed by atoms with Gasteiger partial charge in [-0.05, 0) is 32.3 Å². The summed E-state index contributed by atoms with van der Waals surface area (Å²) in [6.07, 6.45) is 9.82. The van der Waals surface area contributed by atoms with E-state index in [1.807, 2.05) is 13.8 Å². The number of nitrogens with zero attached hydrogens (tertiary/aromatic N) is 1. The van der Waals surface area contributed by atoms with Gasteiger partial charge >= 0.3 is 0 Å². The molecule has 132 valence electrons. The summed E-state index contributed by atoms with van der Waals surface area (Å²) in [5.41, 5.74) is 2.87. The molecule has 0 heterocycles. The van der Waals surface area contributed by atoms with Gasteiger partial charge in [-0.1, -0.05) is 54.1 Å². The number of rotatable bonds is 11. The maximum absolute atomic E-state index is 5.70. The van der Waals surface area contributed by atoms with Gasteiger partial charge in [0, 0.05) is 39.3 Å². The van der Waals surface area contributed by atoms with Crippen LogP contribution in [-0.2, 0) is 16.0 Å². The van der Waals surface area contributed by atoms with E-state index in [2.05, 4.69) is 53.5 Å². The molecule has 0 radical (unpaired) electrons. The Morgan fingerprint density at radius 1 is 1.04 bits per heavy atom. The van der Waals surface area contributed by atoms with Crippen LogP contribution in [-0.4, -0.2) is 37.5 Å². The zero-order valence-corrected chi connectivity index (χ0v) is 15.1. The smallest absolute Gasteiger partial charge is 0.158 e. The lowest BCUT2D eigenvalue weighted by atomic mass is 10.0. The molecule has 0 amide bonds. The van der Waals surface area contributed by atoms with Crippen molar-refractivity contribution < 1.29 is 9.47 Å². The lowest BCUT2D eigenvalue weighted by Crippen LogP contribution is -2.31. The van der Waals surface area contributed by atoms with Gasteiger partial charge in [0.1, 0.15) is 0 Å². The first-order chi connectivity index (χ1) is 11.8. The summed E-state index contributed by atoms with van der Waals surface area (Å²) >= 11 is 0. The van der Waals surface area contributed by atoms with E-state index in [0.29, 0.717) is 13.2 Å². The molecule has 1 aliphatic rings. The van der Waals surface area contributed by atoms with Crippen LogP contribution in [0.5, 0.6) is 0 Å². The molecule has 0 saturated carbocycles. The van der Waals surface area contributed by atoms with Crippen molar-refractivity contribution in [2.75, 3.05) is 26.3 Å². The van der Waals surface area contributed by atoms with Gasteiger partial charge in [-0.3, -0.25) is 4.90 Å². The average molecular weight is 329 g/mol. The highest BCUT2D eigenvalue weighted by Gasteiger charge is 2.14. The van der Waals surface area contributed by atoms with E-state index in [-0.39, 0.29) is 6.29 Å². The summed E-state index contributed by atoms with van der Waals surface area (Å²) in [6, 6.07) is 10.7. The Kier molecular flexibility index (Phi) is 8.82. The lowest BCUT2D eigenvalue weighted by molar-refractivity contribution is -0.141. The highest BCUT2D eigenvalue weighted by Crippen LogP contribution is 2.16. The van der Waals surface area contributed by atoms with E-state index in [9.17, 15) is 0 Å². The Morgan fingerprint density at radius 2 is 1.79 bits per heavy atom. The largest absolute Gasteiger partial charge is 0.353 e. The minimum absolute atomic E-state index is 0.0986. The molecule has 0 aromatic heterocycles. The molecular formula is C21H31NO2. The monoisotopic (exact) mass is 329 g/mol. The highest BCUT2D eigenvalue weighted by atomic mass is 16.7. The molecule has 0 aliphatic heterocycles. The fourth-order valence-corrected chi connectivity index (χ4v) is 3.00. The lowest BCUT2D eigenvalue weighted by Gasteiger charge is -2.26. The first kappa shape index (κ1) is 18.9. The molecule has 2 rings (SSSR count). The van der Waals surface area contributed by atoms with Crippen LogP contribution in [0.15, 0.2) is 54.1 Å². The van der Waals surface area contributed by atoms with Gasteiger partial charge < -0.3 is 9.47 Å². The number of benzene rings is 1. The van der Waals surface area contributed by atoms with Crippen molar-refractivity contribution >= 4 is 0 Å². The zero-order chi connectivity index (χ0) is 17.0. The van der Waals surface area contributed by atoms with Crippen molar-refractivity contribution in [2.24, 2.45) is 0 Å². The van der Waals surface area contributed by atoms with Crippen LogP contribution in [0.4, 0.5) is 0 Å². The summed E-state index contributed by atoms with van der Waals surface area (Å²) in [5.74, 6) is 0. The molecule has 0 N–H and O–H groups in total. The molecular weight excluding hydrogens is 298 g/mol. The minimum Gasteiger partial charge on any atom is -0.353 e. The van der Waals surface area contributed by atoms with Crippen molar-refractivity contribution in [3.05, 3.63) is 59.7 Å². The van der Waals surface area contributed by atoms with Gasteiger partial charge in [0.05, 0.1) is 0 Å². The Bertz CT molecular complexity index is 504. The summed E-state index contributed by atoms with van der Waals surface area (Å²) in [7, 11) is 0. The second kappa shape index (κ2) is 11.2. The fraction of sp³-hybridized carbons (Fsp3) is 0.524. The maximum atomic E-state index is 5.70. The first-order valence-corrected chi connectivity index (χ1v) is 9.15. The molecule has 1 aromatic rings. The fourth-order valence-electron chi connectivity index (χ4n) is 3.00. The van der Waals surface area contributed by atoms with Crippen molar-refractivity contribution in [3.8, 4) is 0 Å². The molecule has 0 bridgehead atoms. The molecule has 24 heavy (non-hydrogen) atoms. The average Bonchev–Trinajstić information content (AvgIpc) is 2.61. The van der Waals surface area contributed by atoms with Crippen LogP contribution < -0.4 is 0 Å². The molecule has 0 unspecified atom stereocenters. The van der Waals surface area contributed by atoms with E-state index in [4.69, 9.17) is 9.47 Å². The number of allylic oxidation sites excluding steroid dienone is 3. The van der Waals surface area contributed by atoms with Crippen molar-refractivity contribution in [2.45, 2.75) is 45.9 Å². The van der Waals surface area contributed by atoms with Gasteiger partial charge in [-0.25, -0.2) is 0 Å². The van der Waals surface area contributed by atoms with Crippen LogP contribution in [0.3, 0.4) is 0 Å². The highest BCUT2D eigenvalue weighted by molar-refractivity contribution is 5.20. The van der Waals surface area contributed by atoms with Crippen LogP contribution in [0.2, 0.25) is 0 Å². The summed E-state index contributed by atoms with van der Waals surface area (Å²) in [5, 5.41) is 0. The Balaban J connectivity index is 1.95. The van der Waals surface area contributed by atoms with E-state index >= 15 is 0 Å². The third kappa shape index (κ3) is 7.00. The van der Waals surface area contributed by atoms with Gasteiger partial charge in [-0.15, -0.1) is 0 Å². The predicted octanol–water partition coefficient (Wildman–Crippen LogP) is 4.55. The van der Waals surface area contributed by atoms with E-state index in [1.165, 1.54) is 17.6 Å². The van der Waals surface area contributed by atoms with E-state index < -0.39 is 0 Å². The summed E-state index contributed by atoms with van der Waals surface area (Å²) in [4.78, 5) is 2.51. The molecule has 0 spiro atoms. The Morgan fingerprint density at radius 3 is 2.42 bits per heavy atom. The Hall–Kier alpha value is -1.42. The summed E-state index contributed by atoms with van der Waals surface area (Å²) in [6.45, 7) is 8.39. The third-order valence-electron chi connectivity index (χ3n) is 4.16. The summed E-state index contributed by atoms with van der Waals surface area (Å²) < 4.78 is 11.4. The molecule has 1 aromatic carbocycles.